The number of pyridine rings is 1. The molecule has 2 aromatic heterocycles. The van der Waals surface area contributed by atoms with Crippen LogP contribution < -0.4 is 5.32 Å². The van der Waals surface area contributed by atoms with Gasteiger partial charge in [-0.25, -0.2) is 0 Å². The normalized spacial score (nSPS) is 11.8. The van der Waals surface area contributed by atoms with E-state index < -0.39 is 10.2 Å². The third-order valence-electron chi connectivity index (χ3n) is 3.78. The van der Waals surface area contributed by atoms with E-state index in [1.165, 1.54) is 23.9 Å². The number of nitrogens with zero attached hydrogens (tertiary/aromatic N) is 5. The quantitative estimate of drug-likeness (QED) is 0.394. The summed E-state index contributed by atoms with van der Waals surface area (Å²) in [6.45, 7) is 1.70. The van der Waals surface area contributed by atoms with Crippen LogP contribution >= 0.6 is 11.8 Å². The van der Waals surface area contributed by atoms with Gasteiger partial charge in [-0.15, -0.1) is 10.2 Å². The minimum Gasteiger partial charge on any atom is -0.319 e. The number of nitro benzene ring substituents is 1. The fourth-order valence-electron chi connectivity index (χ4n) is 2.35. The van der Waals surface area contributed by atoms with Gasteiger partial charge >= 0.3 is 0 Å². The molecular formula is C17H16N6O3S. The molecule has 138 valence electrons. The van der Waals surface area contributed by atoms with Gasteiger partial charge in [0.2, 0.25) is 5.91 Å². The lowest BCUT2D eigenvalue weighted by molar-refractivity contribution is -0.383. The maximum absolute atomic E-state index is 12.5. The lowest BCUT2D eigenvalue weighted by Crippen LogP contribution is -2.23. The van der Waals surface area contributed by atoms with Crippen LogP contribution in [-0.2, 0) is 11.8 Å². The SMILES string of the molecule is C[C@@H](Sc1nnc(-c2ccncc2)n1C)C(=O)Nc1ccccc1[N+](=O)[O-]. The molecule has 0 saturated heterocycles. The van der Waals surface area contributed by atoms with E-state index >= 15 is 0 Å². The number of nitro groups is 1. The molecule has 3 aromatic rings. The molecule has 1 atom stereocenters. The second-order valence-corrected chi connectivity index (χ2v) is 6.93. The molecule has 10 heteroatoms. The van der Waals surface area contributed by atoms with Gasteiger partial charge in [-0.05, 0) is 25.1 Å². The highest BCUT2D eigenvalue weighted by atomic mass is 32.2. The predicted octanol–water partition coefficient (Wildman–Crippen LogP) is 2.90. The number of hydrogen-bond donors (Lipinski definition) is 1. The first-order valence-electron chi connectivity index (χ1n) is 7.98. The highest BCUT2D eigenvalue weighted by Gasteiger charge is 2.22. The average molecular weight is 384 g/mol. The van der Waals surface area contributed by atoms with Crippen LogP contribution in [-0.4, -0.2) is 35.8 Å². The number of rotatable bonds is 6. The minimum absolute atomic E-state index is 0.151. The van der Waals surface area contributed by atoms with E-state index in [-0.39, 0.29) is 17.3 Å². The molecule has 1 amide bonds. The van der Waals surface area contributed by atoms with Crippen molar-refractivity contribution < 1.29 is 9.72 Å². The first kappa shape index (κ1) is 18.5. The van der Waals surface area contributed by atoms with Crippen LogP contribution in [0.2, 0.25) is 0 Å². The minimum atomic E-state index is -0.531. The van der Waals surface area contributed by atoms with Crippen LogP contribution in [0, 0.1) is 10.1 Å². The zero-order valence-corrected chi connectivity index (χ0v) is 15.4. The van der Waals surface area contributed by atoms with Crippen molar-refractivity contribution in [3.8, 4) is 11.4 Å². The number of benzene rings is 1. The molecule has 0 aliphatic heterocycles. The molecule has 2 heterocycles. The highest BCUT2D eigenvalue weighted by Crippen LogP contribution is 2.28. The Kier molecular flexibility index (Phi) is 5.46. The predicted molar refractivity (Wildman–Crippen MR) is 101 cm³/mol. The van der Waals surface area contributed by atoms with Gasteiger partial charge in [0.1, 0.15) is 5.69 Å². The van der Waals surface area contributed by atoms with E-state index in [0.717, 1.165) is 5.56 Å². The highest BCUT2D eigenvalue weighted by molar-refractivity contribution is 8.00. The number of nitrogens with one attached hydrogen (secondary N) is 1. The van der Waals surface area contributed by atoms with Crippen molar-refractivity contribution in [2.24, 2.45) is 7.05 Å². The Morgan fingerprint density at radius 3 is 2.63 bits per heavy atom. The van der Waals surface area contributed by atoms with Crippen LogP contribution in [0.5, 0.6) is 0 Å². The van der Waals surface area contributed by atoms with Gasteiger partial charge in [-0.2, -0.15) is 0 Å². The van der Waals surface area contributed by atoms with Crippen molar-refractivity contribution in [1.29, 1.82) is 0 Å². The Balaban J connectivity index is 1.73. The Labute approximate surface area is 159 Å². The van der Waals surface area contributed by atoms with E-state index in [2.05, 4.69) is 20.5 Å². The van der Waals surface area contributed by atoms with Gasteiger partial charge < -0.3 is 9.88 Å². The van der Waals surface area contributed by atoms with E-state index in [1.54, 1.807) is 36.0 Å². The summed E-state index contributed by atoms with van der Waals surface area (Å²) in [5.41, 5.74) is 0.876. The monoisotopic (exact) mass is 384 g/mol. The molecule has 0 radical (unpaired) electrons. The molecule has 0 spiro atoms. The van der Waals surface area contributed by atoms with Crippen molar-refractivity contribution in [1.82, 2.24) is 19.7 Å². The molecule has 0 aliphatic carbocycles. The third-order valence-corrected chi connectivity index (χ3v) is 4.92. The van der Waals surface area contributed by atoms with Gasteiger partial charge in [0.25, 0.3) is 5.69 Å². The number of thioether (sulfide) groups is 1. The number of aromatic nitrogens is 4. The molecule has 0 unspecified atom stereocenters. The van der Waals surface area contributed by atoms with Crippen molar-refractivity contribution in [3.05, 3.63) is 58.9 Å². The summed E-state index contributed by atoms with van der Waals surface area (Å²) in [6.07, 6.45) is 3.33. The molecule has 3 rings (SSSR count). The summed E-state index contributed by atoms with van der Waals surface area (Å²) in [4.78, 5) is 27.0. The van der Waals surface area contributed by atoms with Gasteiger partial charge in [0.15, 0.2) is 11.0 Å². The smallest absolute Gasteiger partial charge is 0.292 e. The van der Waals surface area contributed by atoms with Crippen LogP contribution in [0.1, 0.15) is 6.92 Å². The molecule has 1 N–H and O–H groups in total. The van der Waals surface area contributed by atoms with Crippen LogP contribution in [0.25, 0.3) is 11.4 Å². The molecule has 1 aromatic carbocycles. The first-order valence-corrected chi connectivity index (χ1v) is 8.86. The zero-order chi connectivity index (χ0) is 19.4. The van der Waals surface area contributed by atoms with Gasteiger partial charge in [0, 0.05) is 31.1 Å². The van der Waals surface area contributed by atoms with Gasteiger partial charge in [-0.1, -0.05) is 23.9 Å². The molecule has 27 heavy (non-hydrogen) atoms. The van der Waals surface area contributed by atoms with E-state index in [9.17, 15) is 14.9 Å². The topological polar surface area (TPSA) is 116 Å². The number of anilines is 1. The number of carbonyl (C=O) groups excluding carboxylic acids is 1. The molecule has 0 saturated carbocycles. The lowest BCUT2D eigenvalue weighted by Gasteiger charge is -2.11. The lowest BCUT2D eigenvalue weighted by atomic mass is 10.2. The Hall–Kier alpha value is -3.27. The molecule has 0 aliphatic rings. The average Bonchev–Trinajstić information content (AvgIpc) is 3.03. The first-order chi connectivity index (χ1) is 13.0. The maximum atomic E-state index is 12.5. The summed E-state index contributed by atoms with van der Waals surface area (Å²) in [5.74, 6) is 0.300. The fraction of sp³-hybridized carbons (Fsp3) is 0.176. The molecule has 0 fully saturated rings. The second-order valence-electron chi connectivity index (χ2n) is 5.62. The molecule has 9 nitrogen and oxygen atoms in total. The fourth-order valence-corrected chi connectivity index (χ4v) is 3.17. The van der Waals surface area contributed by atoms with Crippen LogP contribution in [0.4, 0.5) is 11.4 Å². The molecular weight excluding hydrogens is 368 g/mol. The Morgan fingerprint density at radius 2 is 1.93 bits per heavy atom. The largest absolute Gasteiger partial charge is 0.319 e. The Bertz CT molecular complexity index is 976. The van der Waals surface area contributed by atoms with Gasteiger partial charge in [-0.3, -0.25) is 19.9 Å². The number of carbonyl (C=O) groups is 1. The second kappa shape index (κ2) is 7.96. The van der Waals surface area contributed by atoms with E-state index in [0.29, 0.717) is 11.0 Å². The third kappa shape index (κ3) is 4.11. The summed E-state index contributed by atoms with van der Waals surface area (Å²) in [5, 5.41) is 22.0. The van der Waals surface area contributed by atoms with Gasteiger partial charge in [0.05, 0.1) is 10.2 Å². The summed E-state index contributed by atoms with van der Waals surface area (Å²) in [7, 11) is 1.81. The van der Waals surface area contributed by atoms with Crippen molar-refractivity contribution in [2.75, 3.05) is 5.32 Å². The van der Waals surface area contributed by atoms with Crippen molar-refractivity contribution in [3.63, 3.8) is 0 Å². The number of para-hydroxylation sites is 2. The van der Waals surface area contributed by atoms with Crippen LogP contribution in [0.15, 0.2) is 53.9 Å². The Morgan fingerprint density at radius 1 is 1.22 bits per heavy atom. The maximum Gasteiger partial charge on any atom is 0.292 e. The van der Waals surface area contributed by atoms with Crippen molar-refractivity contribution >= 4 is 29.0 Å². The summed E-state index contributed by atoms with van der Waals surface area (Å²) >= 11 is 1.22. The van der Waals surface area contributed by atoms with Crippen molar-refractivity contribution in [2.45, 2.75) is 17.3 Å². The summed E-state index contributed by atoms with van der Waals surface area (Å²) < 4.78 is 1.79. The summed E-state index contributed by atoms with van der Waals surface area (Å²) in [6, 6.07) is 9.66. The zero-order valence-electron chi connectivity index (χ0n) is 14.6. The van der Waals surface area contributed by atoms with E-state index in [1.807, 2.05) is 19.2 Å². The van der Waals surface area contributed by atoms with Crippen LogP contribution in [0.3, 0.4) is 0 Å². The van der Waals surface area contributed by atoms with E-state index in [4.69, 9.17) is 0 Å². The number of hydrogen-bond acceptors (Lipinski definition) is 7. The molecule has 0 bridgehead atoms. The standard InChI is InChI=1S/C17H16N6O3S/c1-11(16(24)19-13-5-3-4-6-14(13)23(25)26)27-17-21-20-15(22(17)2)12-7-9-18-10-8-12/h3-11H,1-2H3,(H,19,24)/t11-/m1/s1. The number of amides is 1.